The first-order valence-corrected chi connectivity index (χ1v) is 8.39. The minimum absolute atomic E-state index is 0.578. The maximum absolute atomic E-state index is 9.63. The van der Waals surface area contributed by atoms with Crippen molar-refractivity contribution in [3.63, 3.8) is 0 Å². The van der Waals surface area contributed by atoms with Gasteiger partial charge in [0.15, 0.2) is 5.82 Å². The smallest absolute Gasteiger partial charge is 0.154 e. The molecule has 2 aromatic carbocycles. The van der Waals surface area contributed by atoms with Crippen LogP contribution in [0.4, 0.5) is 5.82 Å². The number of hydrogen-bond acceptors (Lipinski definition) is 4. The lowest BCUT2D eigenvalue weighted by Crippen LogP contribution is -2.05. The highest BCUT2D eigenvalue weighted by molar-refractivity contribution is 5.93. The Balaban J connectivity index is 1.88. The Hall–Kier alpha value is -3.65. The highest BCUT2D eigenvalue weighted by Gasteiger charge is 2.19. The van der Waals surface area contributed by atoms with Crippen molar-refractivity contribution in [2.24, 2.45) is 0 Å². The van der Waals surface area contributed by atoms with Gasteiger partial charge in [-0.3, -0.25) is 0 Å². The quantitative estimate of drug-likeness (QED) is 0.605. The number of rotatable bonds is 4. The van der Waals surface area contributed by atoms with Crippen molar-refractivity contribution in [2.45, 2.75) is 13.5 Å². The first-order valence-electron chi connectivity index (χ1n) is 8.39. The zero-order valence-electron chi connectivity index (χ0n) is 14.3. The van der Waals surface area contributed by atoms with Crippen molar-refractivity contribution in [1.29, 1.82) is 5.26 Å². The molecule has 0 spiro atoms. The predicted octanol–water partition coefficient (Wildman–Crippen LogP) is 4.21. The van der Waals surface area contributed by atoms with Crippen LogP contribution in [0.5, 0.6) is 0 Å². The van der Waals surface area contributed by atoms with Gasteiger partial charge in [-0.25, -0.2) is 9.97 Å². The van der Waals surface area contributed by atoms with Gasteiger partial charge in [-0.05, 0) is 24.6 Å². The largest absolute Gasteiger partial charge is 0.364 e. The molecule has 1 N–H and O–H groups in total. The lowest BCUT2D eigenvalue weighted by Gasteiger charge is -2.12. The molecule has 0 bridgehead atoms. The van der Waals surface area contributed by atoms with Crippen molar-refractivity contribution in [2.75, 3.05) is 5.32 Å². The van der Waals surface area contributed by atoms with E-state index in [1.807, 2.05) is 60.0 Å². The molecule has 4 aromatic rings. The Morgan fingerprint density at radius 2 is 1.69 bits per heavy atom. The normalized spacial score (nSPS) is 10.6. The van der Waals surface area contributed by atoms with Gasteiger partial charge in [-0.15, -0.1) is 0 Å². The number of hydrogen-bond donors (Lipinski definition) is 1. The van der Waals surface area contributed by atoms with Gasteiger partial charge in [0.1, 0.15) is 23.4 Å². The van der Waals surface area contributed by atoms with Crippen molar-refractivity contribution >= 4 is 16.9 Å². The number of nitrogens with zero attached hydrogens (tertiary/aromatic N) is 4. The zero-order valence-corrected chi connectivity index (χ0v) is 14.3. The van der Waals surface area contributed by atoms with E-state index >= 15 is 0 Å². The van der Waals surface area contributed by atoms with Crippen LogP contribution in [0.3, 0.4) is 0 Å². The van der Waals surface area contributed by atoms with Crippen LogP contribution in [0, 0.1) is 18.3 Å². The molecule has 0 saturated heterocycles. The number of benzene rings is 2. The second-order valence-electron chi connectivity index (χ2n) is 6.00. The summed E-state index contributed by atoms with van der Waals surface area (Å²) in [5.41, 5.74) is 5.07. The number of anilines is 1. The molecule has 0 aliphatic rings. The maximum atomic E-state index is 9.63. The highest BCUT2D eigenvalue weighted by atomic mass is 15.1. The Labute approximate surface area is 151 Å². The number of nitriles is 1. The molecule has 0 amide bonds. The van der Waals surface area contributed by atoms with E-state index in [0.29, 0.717) is 23.4 Å². The minimum Gasteiger partial charge on any atom is -0.364 e. The van der Waals surface area contributed by atoms with Crippen molar-refractivity contribution in [3.05, 3.63) is 83.8 Å². The van der Waals surface area contributed by atoms with Gasteiger partial charge in [-0.1, -0.05) is 48.5 Å². The predicted molar refractivity (Wildman–Crippen MR) is 102 cm³/mol. The number of fused-ring (bicyclic) bond motifs is 1. The fourth-order valence-corrected chi connectivity index (χ4v) is 3.17. The molecule has 0 radical (unpaired) electrons. The molecule has 5 nitrogen and oxygen atoms in total. The molecule has 2 heterocycles. The molecule has 126 valence electrons. The summed E-state index contributed by atoms with van der Waals surface area (Å²) in [5.74, 6) is 0.715. The second-order valence-corrected chi connectivity index (χ2v) is 6.00. The van der Waals surface area contributed by atoms with Gasteiger partial charge in [0.2, 0.25) is 0 Å². The van der Waals surface area contributed by atoms with E-state index in [0.717, 1.165) is 22.5 Å². The van der Waals surface area contributed by atoms with Crippen LogP contribution < -0.4 is 5.32 Å². The van der Waals surface area contributed by atoms with E-state index < -0.39 is 0 Å². The van der Waals surface area contributed by atoms with E-state index in [1.165, 1.54) is 6.33 Å². The summed E-state index contributed by atoms with van der Waals surface area (Å²) in [6.45, 7) is 2.59. The molecule has 0 aliphatic heterocycles. The fourth-order valence-electron chi connectivity index (χ4n) is 3.17. The average Bonchev–Trinajstić information content (AvgIpc) is 2.99. The fraction of sp³-hybridized carbons (Fsp3) is 0.0952. The monoisotopic (exact) mass is 339 g/mol. The Bertz CT molecular complexity index is 1090. The Morgan fingerprint density at radius 3 is 2.38 bits per heavy atom. The van der Waals surface area contributed by atoms with Crippen LogP contribution in [0.2, 0.25) is 0 Å². The Morgan fingerprint density at radius 1 is 1.00 bits per heavy atom. The third-order valence-corrected chi connectivity index (χ3v) is 4.41. The maximum Gasteiger partial charge on any atom is 0.154 e. The summed E-state index contributed by atoms with van der Waals surface area (Å²) in [4.78, 5) is 8.82. The summed E-state index contributed by atoms with van der Waals surface area (Å²) in [6.07, 6.45) is 1.51. The third kappa shape index (κ3) is 2.68. The second kappa shape index (κ2) is 6.69. The van der Waals surface area contributed by atoms with Crippen molar-refractivity contribution in [1.82, 2.24) is 14.5 Å². The van der Waals surface area contributed by atoms with E-state index in [9.17, 15) is 5.26 Å². The Kier molecular flexibility index (Phi) is 4.08. The molecule has 0 saturated carbocycles. The lowest BCUT2D eigenvalue weighted by molar-refractivity contribution is 1.03. The van der Waals surface area contributed by atoms with Crippen molar-refractivity contribution < 1.29 is 0 Å². The highest BCUT2D eigenvalue weighted by Crippen LogP contribution is 2.31. The van der Waals surface area contributed by atoms with Crippen LogP contribution in [0.1, 0.15) is 16.8 Å². The van der Waals surface area contributed by atoms with Crippen LogP contribution in [-0.4, -0.2) is 14.5 Å². The molecule has 0 unspecified atom stereocenters. The summed E-state index contributed by atoms with van der Waals surface area (Å²) < 4.78 is 2.04. The molecule has 0 atom stereocenters. The SMILES string of the molecule is Cc1c(C#N)c2ncnc(NCc3ccccc3)c2n1-c1ccccc1. The molecular formula is C21H17N5. The van der Waals surface area contributed by atoms with E-state index in [2.05, 4.69) is 33.5 Å². The lowest BCUT2D eigenvalue weighted by atomic mass is 10.2. The van der Waals surface area contributed by atoms with E-state index in [4.69, 9.17) is 0 Å². The number of para-hydroxylation sites is 1. The number of nitrogens with one attached hydrogen (secondary N) is 1. The topological polar surface area (TPSA) is 66.5 Å². The summed E-state index contributed by atoms with van der Waals surface area (Å²) in [6, 6.07) is 22.4. The molecular weight excluding hydrogens is 322 g/mol. The van der Waals surface area contributed by atoms with Crippen LogP contribution >= 0.6 is 0 Å². The van der Waals surface area contributed by atoms with Gasteiger partial charge < -0.3 is 9.88 Å². The minimum atomic E-state index is 0.578. The average molecular weight is 339 g/mol. The van der Waals surface area contributed by atoms with Crippen LogP contribution in [0.25, 0.3) is 16.7 Å². The molecule has 4 rings (SSSR count). The molecule has 0 aliphatic carbocycles. The zero-order chi connectivity index (χ0) is 17.9. The summed E-state index contributed by atoms with van der Waals surface area (Å²) in [7, 11) is 0. The standard InChI is InChI=1S/C21H17N5/c1-15-18(12-22)19-20(26(15)17-10-6-3-7-11-17)21(25-14-24-19)23-13-16-8-4-2-5-9-16/h2-11,14H,13H2,1H3,(H,23,24,25). The van der Waals surface area contributed by atoms with Gasteiger partial charge >= 0.3 is 0 Å². The van der Waals surface area contributed by atoms with Crippen molar-refractivity contribution in [3.8, 4) is 11.8 Å². The first kappa shape index (κ1) is 15.9. The molecule has 2 aromatic heterocycles. The van der Waals surface area contributed by atoms with E-state index in [-0.39, 0.29) is 0 Å². The molecule has 5 heteroatoms. The molecule has 0 fully saturated rings. The molecule has 26 heavy (non-hydrogen) atoms. The van der Waals surface area contributed by atoms with Crippen LogP contribution in [-0.2, 0) is 6.54 Å². The van der Waals surface area contributed by atoms with Gasteiger partial charge in [0.25, 0.3) is 0 Å². The summed E-state index contributed by atoms with van der Waals surface area (Å²) >= 11 is 0. The summed E-state index contributed by atoms with van der Waals surface area (Å²) in [5, 5.41) is 13.0. The van der Waals surface area contributed by atoms with Gasteiger partial charge in [0.05, 0.1) is 5.56 Å². The number of aromatic nitrogens is 3. The van der Waals surface area contributed by atoms with Gasteiger partial charge in [-0.2, -0.15) is 5.26 Å². The third-order valence-electron chi connectivity index (χ3n) is 4.41. The first-order chi connectivity index (χ1) is 12.8. The van der Waals surface area contributed by atoms with Crippen LogP contribution in [0.15, 0.2) is 67.0 Å². The van der Waals surface area contributed by atoms with Gasteiger partial charge in [0, 0.05) is 17.9 Å². The van der Waals surface area contributed by atoms with E-state index in [1.54, 1.807) is 0 Å².